The molecule has 0 heteroatoms. The Hall–Kier alpha value is -1.22. The van der Waals surface area contributed by atoms with Crippen LogP contribution < -0.4 is 0 Å². The predicted molar refractivity (Wildman–Crippen MR) is 52.5 cm³/mol. The monoisotopic (exact) mass is 157 g/mol. The van der Waals surface area contributed by atoms with Crippen LogP contribution in [0, 0.1) is 18.3 Å². The first-order chi connectivity index (χ1) is 5.93. The molecule has 0 heterocycles. The molecule has 0 amide bonds. The van der Waals surface area contributed by atoms with E-state index in [2.05, 4.69) is 37.3 Å². The molecule has 0 bridgehead atoms. The van der Waals surface area contributed by atoms with Gasteiger partial charge >= 0.3 is 0 Å². The van der Waals surface area contributed by atoms with Crippen LogP contribution in [0.5, 0.6) is 0 Å². The number of hydrogen-bond donors (Lipinski definition) is 0. The molecule has 0 saturated carbocycles. The summed E-state index contributed by atoms with van der Waals surface area (Å²) in [6.07, 6.45) is 3.95. The summed E-state index contributed by atoms with van der Waals surface area (Å²) in [4.78, 5) is 0. The van der Waals surface area contributed by atoms with Crippen LogP contribution in [0.2, 0.25) is 0 Å². The fraction of sp³-hybridized carbons (Fsp3) is 0.250. The van der Waals surface area contributed by atoms with E-state index in [9.17, 15) is 0 Å². The average Bonchev–Trinajstić information content (AvgIpc) is 2.14. The lowest BCUT2D eigenvalue weighted by molar-refractivity contribution is 1.24. The summed E-state index contributed by atoms with van der Waals surface area (Å²) in [5, 5.41) is 0. The molecule has 0 atom stereocenters. The molecular weight excluding hydrogens is 144 g/mol. The van der Waals surface area contributed by atoms with Crippen molar-refractivity contribution in [3.63, 3.8) is 0 Å². The zero-order valence-electron chi connectivity index (χ0n) is 7.38. The third-order valence-corrected chi connectivity index (χ3v) is 1.54. The molecule has 0 fully saturated rings. The van der Waals surface area contributed by atoms with Crippen molar-refractivity contribution in [3.8, 4) is 11.8 Å². The molecule has 0 N–H and O–H groups in total. The third-order valence-electron chi connectivity index (χ3n) is 1.54. The van der Waals surface area contributed by atoms with Crippen molar-refractivity contribution < 1.29 is 0 Å². The second-order valence-electron chi connectivity index (χ2n) is 2.53. The zero-order valence-corrected chi connectivity index (χ0v) is 7.38. The molecule has 0 saturated heterocycles. The molecule has 1 rings (SSSR count). The molecule has 0 spiro atoms. The van der Waals surface area contributed by atoms with Gasteiger partial charge in [-0.05, 0) is 5.56 Å². The van der Waals surface area contributed by atoms with Gasteiger partial charge in [-0.15, -0.1) is 11.8 Å². The van der Waals surface area contributed by atoms with E-state index in [4.69, 9.17) is 0 Å². The van der Waals surface area contributed by atoms with Crippen molar-refractivity contribution in [1.29, 1.82) is 0 Å². The Kier molecular flexibility index (Phi) is 4.02. The van der Waals surface area contributed by atoms with Gasteiger partial charge in [0.15, 0.2) is 0 Å². The van der Waals surface area contributed by atoms with Crippen molar-refractivity contribution in [2.45, 2.75) is 19.8 Å². The van der Waals surface area contributed by atoms with Crippen LogP contribution >= 0.6 is 0 Å². The summed E-state index contributed by atoms with van der Waals surface area (Å²) >= 11 is 0. The highest BCUT2D eigenvalue weighted by Crippen LogP contribution is 2.03. The van der Waals surface area contributed by atoms with Crippen LogP contribution in [0.15, 0.2) is 30.3 Å². The fourth-order valence-electron chi connectivity index (χ4n) is 0.955. The minimum atomic E-state index is 0.859. The molecule has 0 unspecified atom stereocenters. The molecule has 1 aromatic rings. The van der Waals surface area contributed by atoms with Crippen molar-refractivity contribution >= 4 is 0 Å². The molecule has 1 radical (unpaired) electrons. The first-order valence-corrected chi connectivity index (χ1v) is 4.27. The van der Waals surface area contributed by atoms with E-state index in [1.165, 1.54) is 5.56 Å². The zero-order chi connectivity index (χ0) is 8.65. The smallest absolute Gasteiger partial charge is 0.0164 e. The molecule has 12 heavy (non-hydrogen) atoms. The molecular formula is C12H13. The molecule has 61 valence electrons. The van der Waals surface area contributed by atoms with E-state index in [1.54, 1.807) is 0 Å². The van der Waals surface area contributed by atoms with Gasteiger partial charge in [-0.1, -0.05) is 37.3 Å². The SMILES string of the molecule is CCC#CC[CH]c1ccccc1. The Morgan fingerprint density at radius 1 is 1.17 bits per heavy atom. The van der Waals surface area contributed by atoms with Crippen molar-refractivity contribution in [2.75, 3.05) is 0 Å². The summed E-state index contributed by atoms with van der Waals surface area (Å²) in [6, 6.07) is 10.3. The van der Waals surface area contributed by atoms with E-state index in [0.29, 0.717) is 0 Å². The van der Waals surface area contributed by atoms with Crippen molar-refractivity contribution in [2.24, 2.45) is 0 Å². The maximum Gasteiger partial charge on any atom is 0.0164 e. The van der Waals surface area contributed by atoms with Crippen molar-refractivity contribution in [3.05, 3.63) is 42.3 Å². The van der Waals surface area contributed by atoms with Gasteiger partial charge in [0.1, 0.15) is 0 Å². The molecule has 0 aromatic heterocycles. The first-order valence-electron chi connectivity index (χ1n) is 4.27. The van der Waals surface area contributed by atoms with Crippen LogP contribution in [0.1, 0.15) is 25.3 Å². The standard InChI is InChI=1S/C12H13/c1-2-3-4-6-9-12-10-7-5-8-11-12/h5,7-11H,2,6H2,1H3. The van der Waals surface area contributed by atoms with E-state index in [1.807, 2.05) is 18.2 Å². The Balaban J connectivity index is 2.34. The Bertz CT molecular complexity index is 261. The van der Waals surface area contributed by atoms with Gasteiger partial charge in [0.2, 0.25) is 0 Å². The second-order valence-corrected chi connectivity index (χ2v) is 2.53. The van der Waals surface area contributed by atoms with Gasteiger partial charge < -0.3 is 0 Å². The van der Waals surface area contributed by atoms with Gasteiger partial charge in [0.05, 0.1) is 0 Å². The van der Waals surface area contributed by atoms with Gasteiger partial charge in [0, 0.05) is 19.3 Å². The third kappa shape index (κ3) is 3.25. The molecule has 0 aliphatic carbocycles. The van der Waals surface area contributed by atoms with Gasteiger partial charge in [-0.2, -0.15) is 0 Å². The van der Waals surface area contributed by atoms with Gasteiger partial charge in [-0.25, -0.2) is 0 Å². The number of hydrogen-bond acceptors (Lipinski definition) is 0. The topological polar surface area (TPSA) is 0 Å². The highest BCUT2D eigenvalue weighted by atomic mass is 13.9. The van der Waals surface area contributed by atoms with Crippen LogP contribution in [0.3, 0.4) is 0 Å². The van der Waals surface area contributed by atoms with Gasteiger partial charge in [-0.3, -0.25) is 0 Å². The fourth-order valence-corrected chi connectivity index (χ4v) is 0.955. The lowest BCUT2D eigenvalue weighted by Crippen LogP contribution is -1.77. The maximum atomic E-state index is 3.08. The van der Waals surface area contributed by atoms with Gasteiger partial charge in [0.25, 0.3) is 0 Å². The molecule has 0 aliphatic rings. The lowest BCUT2D eigenvalue weighted by atomic mass is 10.1. The van der Waals surface area contributed by atoms with E-state index in [-0.39, 0.29) is 0 Å². The summed E-state index contributed by atoms with van der Waals surface area (Å²) in [7, 11) is 0. The predicted octanol–water partition coefficient (Wildman–Crippen LogP) is 3.04. The molecule has 0 aliphatic heterocycles. The molecule has 0 nitrogen and oxygen atoms in total. The van der Waals surface area contributed by atoms with Crippen molar-refractivity contribution in [1.82, 2.24) is 0 Å². The quantitative estimate of drug-likeness (QED) is 0.579. The van der Waals surface area contributed by atoms with Crippen LogP contribution in [-0.2, 0) is 0 Å². The summed E-state index contributed by atoms with van der Waals surface area (Å²) in [5.41, 5.74) is 1.25. The van der Waals surface area contributed by atoms with Crippen LogP contribution in [0.25, 0.3) is 0 Å². The highest BCUT2D eigenvalue weighted by molar-refractivity contribution is 5.24. The van der Waals surface area contributed by atoms with Crippen LogP contribution in [0.4, 0.5) is 0 Å². The summed E-state index contributed by atoms with van der Waals surface area (Å²) in [5.74, 6) is 6.12. The normalized spacial score (nSPS) is 8.75. The minimum Gasteiger partial charge on any atom is -0.104 e. The average molecular weight is 157 g/mol. The maximum absolute atomic E-state index is 3.08. The van der Waals surface area contributed by atoms with E-state index < -0.39 is 0 Å². The summed E-state index contributed by atoms with van der Waals surface area (Å²) < 4.78 is 0. The number of benzene rings is 1. The highest BCUT2D eigenvalue weighted by Gasteiger charge is 1.87. The first kappa shape index (κ1) is 8.87. The largest absolute Gasteiger partial charge is 0.104 e. The molecule has 1 aromatic carbocycles. The number of rotatable bonds is 2. The Morgan fingerprint density at radius 3 is 2.58 bits per heavy atom. The Labute approximate surface area is 74.6 Å². The Morgan fingerprint density at radius 2 is 1.92 bits per heavy atom. The van der Waals surface area contributed by atoms with E-state index in [0.717, 1.165) is 12.8 Å². The summed E-state index contributed by atoms with van der Waals surface area (Å²) in [6.45, 7) is 2.06. The second kappa shape index (κ2) is 5.43. The van der Waals surface area contributed by atoms with E-state index >= 15 is 0 Å². The lowest BCUT2D eigenvalue weighted by Gasteiger charge is -1.93. The minimum absolute atomic E-state index is 0.859. The van der Waals surface area contributed by atoms with Crippen LogP contribution in [-0.4, -0.2) is 0 Å².